The van der Waals surface area contributed by atoms with Crippen LogP contribution in [0.15, 0.2) is 5.54 Å². The van der Waals surface area contributed by atoms with Crippen LogP contribution in [0.5, 0.6) is 0 Å². The molecule has 0 amide bonds. The molecule has 0 atom stereocenters. The van der Waals surface area contributed by atoms with Gasteiger partial charge in [-0.1, -0.05) is 201 Å². The topological polar surface area (TPSA) is 17.1 Å². The average Bonchev–Trinajstić information content (AvgIpc) is 3.08. The molecule has 0 unspecified atom stereocenters. The zero-order chi connectivity index (χ0) is 46.2. The van der Waals surface area contributed by atoms with Gasteiger partial charge in [0.05, 0.1) is 16.7 Å². The van der Waals surface area contributed by atoms with Crippen molar-refractivity contribution < 1.29 is 4.79 Å². The first-order valence-corrected chi connectivity index (χ1v) is 32.5. The van der Waals surface area contributed by atoms with Gasteiger partial charge in [0, 0.05) is 22.2 Å². The van der Waals surface area contributed by atoms with Gasteiger partial charge in [0.15, 0.2) is 6.29 Å². The van der Waals surface area contributed by atoms with Crippen LogP contribution >= 0.6 is 11.6 Å². The molecular formula is C53H87ClOSi4. The average molecular weight is 888 g/mol. The summed E-state index contributed by atoms with van der Waals surface area (Å²) in [4.78, 5) is 13.9. The molecule has 0 heterocycles. The van der Waals surface area contributed by atoms with E-state index in [4.69, 9.17) is 11.6 Å². The van der Waals surface area contributed by atoms with Crippen molar-refractivity contribution in [3.8, 4) is 45.9 Å². The number of hydrogen-bond donors (Lipinski definition) is 0. The van der Waals surface area contributed by atoms with Crippen LogP contribution in [0.4, 0.5) is 0 Å². The van der Waals surface area contributed by atoms with Gasteiger partial charge in [0.25, 0.3) is 0 Å². The number of hydrogen-bond acceptors (Lipinski definition) is 1. The molecule has 0 aliphatic heterocycles. The number of halogens is 1. The predicted molar refractivity (Wildman–Crippen MR) is 278 cm³/mol. The van der Waals surface area contributed by atoms with Crippen molar-refractivity contribution in [1.29, 1.82) is 0 Å². The van der Waals surface area contributed by atoms with E-state index in [9.17, 15) is 4.79 Å². The molecule has 0 N–H and O–H groups in total. The van der Waals surface area contributed by atoms with Crippen LogP contribution in [0, 0.1) is 45.9 Å². The molecule has 0 aliphatic carbocycles. The van der Waals surface area contributed by atoms with Crippen LogP contribution in [0.1, 0.15) is 204 Å². The monoisotopic (exact) mass is 887 g/mol. The Morgan fingerprint density at radius 1 is 0.339 bits per heavy atom. The van der Waals surface area contributed by atoms with Crippen molar-refractivity contribution in [3.63, 3.8) is 0 Å². The van der Waals surface area contributed by atoms with Crippen molar-refractivity contribution in [1.82, 2.24) is 0 Å². The Labute approximate surface area is 376 Å². The van der Waals surface area contributed by atoms with Gasteiger partial charge >= 0.3 is 0 Å². The number of rotatable bonds is 14. The van der Waals surface area contributed by atoms with Crippen molar-refractivity contribution in [3.05, 3.63) is 38.9 Å². The zero-order valence-corrected chi connectivity index (χ0v) is 47.2. The highest BCUT2D eigenvalue weighted by atomic mass is 35.5. The molecule has 0 saturated heterocycles. The maximum atomic E-state index is 13.9. The Kier molecular flexibility index (Phi) is 20.9. The second kappa shape index (κ2) is 22.4. The second-order valence-corrected chi connectivity index (χ2v) is 43.9. The Morgan fingerprint density at radius 3 is 0.695 bits per heavy atom. The van der Waals surface area contributed by atoms with E-state index in [1.807, 2.05) is 6.08 Å². The van der Waals surface area contributed by atoms with Crippen molar-refractivity contribution in [2.45, 2.75) is 233 Å². The largest absolute Gasteiger partial charge is 0.298 e. The maximum absolute atomic E-state index is 13.9. The third-order valence-corrected chi connectivity index (χ3v) is 40.3. The number of carbonyl (C=O) groups excluding carboxylic acids is 1. The van der Waals surface area contributed by atoms with E-state index in [1.165, 1.54) is 5.54 Å². The molecule has 1 aromatic rings. The molecule has 0 spiro atoms. The van der Waals surface area contributed by atoms with E-state index < -0.39 is 32.3 Å². The molecule has 0 saturated carbocycles. The minimum absolute atomic E-state index is 0.426. The minimum Gasteiger partial charge on any atom is -0.298 e. The smallest absolute Gasteiger partial charge is 0.152 e. The summed E-state index contributed by atoms with van der Waals surface area (Å²) in [6, 6.07) is 0. The van der Waals surface area contributed by atoms with Gasteiger partial charge in [0.2, 0.25) is 0 Å². The molecular weight excluding hydrogens is 800 g/mol. The van der Waals surface area contributed by atoms with Gasteiger partial charge < -0.3 is 0 Å². The summed E-state index contributed by atoms with van der Waals surface area (Å²) in [5.74, 6) is 15.6. The maximum Gasteiger partial charge on any atom is 0.152 e. The first kappa shape index (κ1) is 55.0. The normalized spacial score (nSPS) is 13.1. The lowest BCUT2D eigenvalue weighted by Gasteiger charge is -2.38. The third-order valence-electron chi connectivity index (χ3n) is 15.0. The number of aldehydes is 1. The zero-order valence-electron chi connectivity index (χ0n) is 42.4. The molecule has 0 aliphatic rings. The van der Waals surface area contributed by atoms with E-state index in [0.717, 1.165) is 28.5 Å². The summed E-state index contributed by atoms with van der Waals surface area (Å²) in [5.41, 5.74) is 27.4. The fourth-order valence-electron chi connectivity index (χ4n) is 12.1. The Hall–Kier alpha value is -1.97. The second-order valence-electron chi connectivity index (χ2n) is 21.3. The molecule has 0 fully saturated rings. The first-order valence-electron chi connectivity index (χ1n) is 23.2. The van der Waals surface area contributed by atoms with Crippen LogP contribution in [-0.2, 0) is 0 Å². The third kappa shape index (κ3) is 10.8. The first-order chi connectivity index (χ1) is 27.1. The molecule has 59 heavy (non-hydrogen) atoms. The summed E-state index contributed by atoms with van der Waals surface area (Å²) >= 11 is 6.58. The van der Waals surface area contributed by atoms with Crippen LogP contribution in [-0.4, -0.2) is 38.6 Å². The van der Waals surface area contributed by atoms with E-state index >= 15 is 0 Å². The molecule has 1 aromatic carbocycles. The van der Waals surface area contributed by atoms with Gasteiger partial charge in [-0.15, -0.1) is 22.2 Å². The number of carbonyl (C=O) groups is 1. The molecule has 0 radical (unpaired) electrons. The van der Waals surface area contributed by atoms with Gasteiger partial charge in [-0.25, -0.2) is 0 Å². The van der Waals surface area contributed by atoms with Crippen molar-refractivity contribution >= 4 is 56.3 Å². The fourth-order valence-corrected chi connectivity index (χ4v) is 33.0. The Balaban J connectivity index is 5.49. The van der Waals surface area contributed by atoms with Gasteiger partial charge in [0.1, 0.15) is 32.3 Å². The highest BCUT2D eigenvalue weighted by Crippen LogP contribution is 2.45. The summed E-state index contributed by atoms with van der Waals surface area (Å²) in [6.45, 7) is 56.5. The lowest BCUT2D eigenvalue weighted by Crippen LogP contribution is -2.43. The van der Waals surface area contributed by atoms with E-state index in [2.05, 4.69) is 212 Å². The van der Waals surface area contributed by atoms with Gasteiger partial charge in [-0.3, -0.25) is 4.79 Å². The fraction of sp³-hybridized carbons (Fsp3) is 0.679. The molecule has 1 rings (SSSR count). The Bertz CT molecular complexity index is 1790. The summed E-state index contributed by atoms with van der Waals surface area (Å²) < 4.78 is 0. The molecule has 0 aromatic heterocycles. The van der Waals surface area contributed by atoms with E-state index in [1.54, 1.807) is 0 Å². The summed E-state index contributed by atoms with van der Waals surface area (Å²) in [6.07, 6.45) is 2.87. The lowest BCUT2D eigenvalue weighted by atomic mass is 9.87. The quantitative estimate of drug-likeness (QED) is 0.103. The molecule has 0 bridgehead atoms. The number of benzene rings is 1. The van der Waals surface area contributed by atoms with Crippen molar-refractivity contribution in [2.24, 2.45) is 0 Å². The van der Waals surface area contributed by atoms with Crippen LogP contribution in [0.25, 0.3) is 6.08 Å². The minimum atomic E-state index is -2.24. The lowest BCUT2D eigenvalue weighted by molar-refractivity contribution is 0.112. The standard InChI is InChI=1S/C53H87ClOSi4/c1-36(2)56(37(3)4,38(5)6)31-26-49-48(25-30-54)53(35-55)52(29-34-59(45(19)20,46(21)22)47(23)24)51(28-33-58(42(13)14,43(15)16)44(17)18)50(49)27-32-57(39(7)8,40(9)10)41(11)12/h25,30,35-47H,1-24H3/b30-25+. The summed E-state index contributed by atoms with van der Waals surface area (Å²) in [7, 11) is -8.93. The molecule has 328 valence electrons. The molecule has 1 nitrogen and oxygen atoms in total. The summed E-state index contributed by atoms with van der Waals surface area (Å²) in [5, 5.41) is 0. The van der Waals surface area contributed by atoms with Gasteiger partial charge in [-0.05, 0) is 72.6 Å². The van der Waals surface area contributed by atoms with Crippen LogP contribution in [0.3, 0.4) is 0 Å². The van der Waals surface area contributed by atoms with E-state index in [-0.39, 0.29) is 0 Å². The highest BCUT2D eigenvalue weighted by Gasteiger charge is 2.45. The SMILES string of the molecule is CC(C)[Si](C#Cc1c(C#C[Si](C(C)C)(C(C)C)C(C)C)c(C#C[Si](C(C)C)(C(C)C)C(C)C)c(/C=C/Cl)c(C=O)c1C#C[Si](C(C)C)(C(C)C)C(C)C)(C(C)C)C(C)C. The van der Waals surface area contributed by atoms with Crippen LogP contribution in [0.2, 0.25) is 66.5 Å². The molecule has 6 heteroatoms. The predicted octanol–water partition coefficient (Wildman–Crippen LogP) is 17.0. The highest BCUT2D eigenvalue weighted by molar-refractivity contribution is 6.92. The van der Waals surface area contributed by atoms with Crippen LogP contribution < -0.4 is 0 Å². The Morgan fingerprint density at radius 2 is 0.525 bits per heavy atom. The van der Waals surface area contributed by atoms with E-state index in [0.29, 0.717) is 77.6 Å². The van der Waals surface area contributed by atoms with Gasteiger partial charge in [-0.2, -0.15) is 0 Å². The van der Waals surface area contributed by atoms with Crippen molar-refractivity contribution in [2.75, 3.05) is 0 Å².